The summed E-state index contributed by atoms with van der Waals surface area (Å²) in [5, 5.41) is 1.12. The first kappa shape index (κ1) is 12.5. The number of carbonyl (C=O) groups is 1. The van der Waals surface area contributed by atoms with Gasteiger partial charge in [0.25, 0.3) is 0 Å². The van der Waals surface area contributed by atoms with Gasteiger partial charge in [0.05, 0.1) is 11.4 Å². The summed E-state index contributed by atoms with van der Waals surface area (Å²) in [6.07, 6.45) is 5.84. The molecule has 0 spiro atoms. The molecule has 1 atom stereocenters. The number of rotatable bonds is 2. The van der Waals surface area contributed by atoms with E-state index in [2.05, 4.69) is 28.7 Å². The van der Waals surface area contributed by atoms with E-state index in [1.807, 2.05) is 0 Å². The molecule has 1 aliphatic heterocycles. The van der Waals surface area contributed by atoms with Gasteiger partial charge in [-0.25, -0.2) is 9.97 Å². The Morgan fingerprint density at radius 2 is 2.21 bits per heavy atom. The molecule has 100 valence electrons. The van der Waals surface area contributed by atoms with E-state index in [0.717, 1.165) is 48.1 Å². The predicted octanol–water partition coefficient (Wildman–Crippen LogP) is 2.87. The van der Waals surface area contributed by atoms with Gasteiger partial charge in [0.1, 0.15) is 23.3 Å². The predicted molar refractivity (Wildman–Crippen MR) is 77.9 cm³/mol. The van der Waals surface area contributed by atoms with Crippen molar-refractivity contribution < 1.29 is 4.79 Å². The highest BCUT2D eigenvalue weighted by atomic mass is 32.1. The fraction of sp³-hybridized carbons (Fsp3) is 0.500. The minimum atomic E-state index is -0.0357. The Bertz CT molecular complexity index is 622. The van der Waals surface area contributed by atoms with Crippen molar-refractivity contribution in [2.75, 3.05) is 11.4 Å². The van der Waals surface area contributed by atoms with E-state index in [1.54, 1.807) is 17.7 Å². The first-order chi connectivity index (χ1) is 9.22. The van der Waals surface area contributed by atoms with Crippen LogP contribution in [-0.2, 0) is 4.79 Å². The molecule has 0 radical (unpaired) electrons. The Balaban J connectivity index is 2.15. The van der Waals surface area contributed by atoms with Gasteiger partial charge in [-0.05, 0) is 38.7 Å². The van der Waals surface area contributed by atoms with E-state index in [9.17, 15) is 4.79 Å². The number of aldehydes is 1. The minimum absolute atomic E-state index is 0.0357. The van der Waals surface area contributed by atoms with Crippen molar-refractivity contribution in [3.05, 3.63) is 16.8 Å². The summed E-state index contributed by atoms with van der Waals surface area (Å²) < 4.78 is 0. The van der Waals surface area contributed by atoms with E-state index in [-0.39, 0.29) is 6.04 Å². The van der Waals surface area contributed by atoms with Crippen LogP contribution >= 0.6 is 11.3 Å². The van der Waals surface area contributed by atoms with Crippen molar-refractivity contribution in [2.45, 2.75) is 39.2 Å². The molecule has 0 aliphatic carbocycles. The van der Waals surface area contributed by atoms with Gasteiger partial charge in [0, 0.05) is 11.4 Å². The van der Waals surface area contributed by atoms with Crippen molar-refractivity contribution in [2.24, 2.45) is 0 Å². The molecule has 3 heterocycles. The van der Waals surface area contributed by atoms with Gasteiger partial charge >= 0.3 is 0 Å². The summed E-state index contributed by atoms with van der Waals surface area (Å²) in [6, 6.07) is -0.0357. The summed E-state index contributed by atoms with van der Waals surface area (Å²) in [4.78, 5) is 24.6. The first-order valence-corrected chi connectivity index (χ1v) is 7.46. The highest BCUT2D eigenvalue weighted by Crippen LogP contribution is 2.36. The topological polar surface area (TPSA) is 46.1 Å². The van der Waals surface area contributed by atoms with Gasteiger partial charge in [-0.15, -0.1) is 11.3 Å². The third-order valence-electron chi connectivity index (χ3n) is 3.92. The van der Waals surface area contributed by atoms with Crippen LogP contribution in [0.4, 0.5) is 5.82 Å². The molecule has 4 nitrogen and oxygen atoms in total. The molecule has 5 heteroatoms. The summed E-state index contributed by atoms with van der Waals surface area (Å²) in [5.74, 6) is 0.934. The zero-order valence-electron chi connectivity index (χ0n) is 11.2. The van der Waals surface area contributed by atoms with Crippen molar-refractivity contribution >= 4 is 33.7 Å². The number of aryl methyl sites for hydroxylation is 2. The number of fused-ring (bicyclic) bond motifs is 1. The standard InChI is InChI=1S/C14H17N3OS/c1-9-10(2)19-14-12(9)13(15-8-16-14)17-6-4-3-5-11(17)7-18/h7-8,11H,3-6H2,1-2H3. The maximum Gasteiger partial charge on any atom is 0.142 e. The van der Waals surface area contributed by atoms with Crippen LogP contribution in [0.3, 0.4) is 0 Å². The Morgan fingerprint density at radius 1 is 1.37 bits per heavy atom. The molecular weight excluding hydrogens is 258 g/mol. The smallest absolute Gasteiger partial charge is 0.142 e. The van der Waals surface area contributed by atoms with Crippen LogP contribution in [0.15, 0.2) is 6.33 Å². The second-order valence-electron chi connectivity index (χ2n) is 5.05. The van der Waals surface area contributed by atoms with Crippen LogP contribution in [-0.4, -0.2) is 28.8 Å². The van der Waals surface area contributed by atoms with Crippen LogP contribution in [0.25, 0.3) is 10.2 Å². The molecule has 0 amide bonds. The molecular formula is C14H17N3OS. The van der Waals surface area contributed by atoms with Crippen LogP contribution in [0.1, 0.15) is 29.7 Å². The van der Waals surface area contributed by atoms with Crippen molar-refractivity contribution in [1.82, 2.24) is 9.97 Å². The minimum Gasteiger partial charge on any atom is -0.346 e. The largest absolute Gasteiger partial charge is 0.346 e. The normalized spacial score (nSPS) is 19.9. The Hall–Kier alpha value is -1.49. The number of piperidine rings is 1. The Labute approximate surface area is 116 Å². The van der Waals surface area contributed by atoms with Gasteiger partial charge in [0.15, 0.2) is 0 Å². The van der Waals surface area contributed by atoms with E-state index < -0.39 is 0 Å². The first-order valence-electron chi connectivity index (χ1n) is 6.65. The van der Waals surface area contributed by atoms with Crippen LogP contribution in [0, 0.1) is 13.8 Å². The lowest BCUT2D eigenvalue weighted by molar-refractivity contribution is -0.109. The molecule has 3 rings (SSSR count). The molecule has 1 fully saturated rings. The lowest BCUT2D eigenvalue weighted by atomic mass is 10.0. The van der Waals surface area contributed by atoms with Crippen LogP contribution in [0.5, 0.6) is 0 Å². The average molecular weight is 275 g/mol. The Morgan fingerprint density at radius 3 is 3.00 bits per heavy atom. The average Bonchev–Trinajstić information content (AvgIpc) is 2.74. The molecule has 0 saturated carbocycles. The molecule has 0 bridgehead atoms. The van der Waals surface area contributed by atoms with E-state index in [0.29, 0.717) is 0 Å². The van der Waals surface area contributed by atoms with Gasteiger partial charge in [-0.1, -0.05) is 0 Å². The quantitative estimate of drug-likeness (QED) is 0.791. The maximum atomic E-state index is 11.3. The SMILES string of the molecule is Cc1sc2ncnc(N3CCCCC3C=O)c2c1C. The zero-order chi connectivity index (χ0) is 13.4. The Kier molecular flexibility index (Phi) is 3.22. The lowest BCUT2D eigenvalue weighted by Crippen LogP contribution is -2.41. The van der Waals surface area contributed by atoms with Crippen molar-refractivity contribution in [3.63, 3.8) is 0 Å². The van der Waals surface area contributed by atoms with E-state index in [1.165, 1.54) is 10.4 Å². The zero-order valence-corrected chi connectivity index (χ0v) is 12.0. The number of carbonyl (C=O) groups excluding carboxylic acids is 1. The maximum absolute atomic E-state index is 11.3. The fourth-order valence-electron chi connectivity index (χ4n) is 2.74. The highest BCUT2D eigenvalue weighted by molar-refractivity contribution is 7.18. The van der Waals surface area contributed by atoms with Crippen molar-refractivity contribution in [1.29, 1.82) is 0 Å². The lowest BCUT2D eigenvalue weighted by Gasteiger charge is -2.33. The number of nitrogens with zero attached hydrogens (tertiary/aromatic N) is 3. The monoisotopic (exact) mass is 275 g/mol. The summed E-state index contributed by atoms with van der Waals surface area (Å²) in [7, 11) is 0. The number of anilines is 1. The molecule has 1 unspecified atom stereocenters. The number of hydrogen-bond donors (Lipinski definition) is 0. The third kappa shape index (κ3) is 2.02. The third-order valence-corrected chi connectivity index (χ3v) is 5.04. The summed E-state index contributed by atoms with van der Waals surface area (Å²) in [5.41, 5.74) is 1.24. The van der Waals surface area contributed by atoms with Gasteiger partial charge in [-0.3, -0.25) is 0 Å². The summed E-state index contributed by atoms with van der Waals surface area (Å²) >= 11 is 1.70. The number of aromatic nitrogens is 2. The van der Waals surface area contributed by atoms with Crippen LogP contribution < -0.4 is 4.90 Å². The van der Waals surface area contributed by atoms with E-state index in [4.69, 9.17) is 0 Å². The molecule has 0 aromatic carbocycles. The van der Waals surface area contributed by atoms with Crippen molar-refractivity contribution in [3.8, 4) is 0 Å². The molecule has 2 aromatic rings. The molecule has 1 saturated heterocycles. The van der Waals surface area contributed by atoms with Gasteiger partial charge in [0.2, 0.25) is 0 Å². The highest BCUT2D eigenvalue weighted by Gasteiger charge is 2.26. The number of thiophene rings is 1. The van der Waals surface area contributed by atoms with Crippen LogP contribution in [0.2, 0.25) is 0 Å². The summed E-state index contributed by atoms with van der Waals surface area (Å²) in [6.45, 7) is 5.13. The molecule has 0 N–H and O–H groups in total. The fourth-order valence-corrected chi connectivity index (χ4v) is 3.73. The van der Waals surface area contributed by atoms with Gasteiger partial charge in [-0.2, -0.15) is 0 Å². The second kappa shape index (κ2) is 4.89. The van der Waals surface area contributed by atoms with E-state index >= 15 is 0 Å². The van der Waals surface area contributed by atoms with Gasteiger partial charge < -0.3 is 9.69 Å². The molecule has 1 aliphatic rings. The molecule has 19 heavy (non-hydrogen) atoms. The number of hydrogen-bond acceptors (Lipinski definition) is 5. The second-order valence-corrected chi connectivity index (χ2v) is 6.26. The molecule has 2 aromatic heterocycles.